The highest BCUT2D eigenvalue weighted by Crippen LogP contribution is 2.23. The number of hydrogen-bond donors (Lipinski definition) is 0. The van der Waals surface area contributed by atoms with E-state index in [1.54, 1.807) is 17.3 Å². The molecule has 0 aliphatic carbocycles. The minimum Gasteiger partial charge on any atom is -0.368 e. The number of fused-ring (bicyclic) bond motifs is 1. The Kier molecular flexibility index (Phi) is 4.11. The van der Waals surface area contributed by atoms with Crippen molar-refractivity contribution in [1.82, 2.24) is 19.9 Å². The summed E-state index contributed by atoms with van der Waals surface area (Å²) in [5.41, 5.74) is 1.29. The number of aryl methyl sites for hydroxylation is 1. The van der Waals surface area contributed by atoms with Gasteiger partial charge in [0.25, 0.3) is 5.91 Å². The van der Waals surface area contributed by atoms with E-state index in [9.17, 15) is 4.79 Å². The number of aromatic nitrogens is 3. The molecule has 3 aromatic rings. The number of morpholine rings is 1. The van der Waals surface area contributed by atoms with Crippen LogP contribution in [-0.2, 0) is 4.74 Å². The van der Waals surface area contributed by atoms with Crippen molar-refractivity contribution >= 4 is 16.7 Å². The molecule has 6 heteroatoms. The number of amides is 1. The molecule has 0 N–H and O–H groups in total. The number of nitrogens with zero attached hydrogens (tertiary/aromatic N) is 4. The van der Waals surface area contributed by atoms with E-state index in [1.165, 1.54) is 0 Å². The maximum absolute atomic E-state index is 13.0. The molecule has 6 nitrogen and oxygen atoms in total. The Labute approximate surface area is 145 Å². The Hall–Kier alpha value is -2.86. The molecule has 1 aromatic carbocycles. The van der Waals surface area contributed by atoms with Gasteiger partial charge in [-0.1, -0.05) is 24.3 Å². The molecule has 0 radical (unpaired) electrons. The first kappa shape index (κ1) is 15.7. The lowest BCUT2D eigenvalue weighted by atomic mass is 10.1. The maximum atomic E-state index is 13.0. The molecule has 3 heterocycles. The van der Waals surface area contributed by atoms with Crippen molar-refractivity contribution in [3.05, 3.63) is 66.0 Å². The molecule has 1 fully saturated rings. The molecule has 4 rings (SSSR count). The van der Waals surface area contributed by atoms with E-state index in [-0.39, 0.29) is 12.0 Å². The Balaban J connectivity index is 1.61. The molecule has 25 heavy (non-hydrogen) atoms. The lowest BCUT2D eigenvalue weighted by molar-refractivity contribution is -0.0249. The molecule has 1 atom stereocenters. The van der Waals surface area contributed by atoms with Gasteiger partial charge in [0.05, 0.1) is 18.8 Å². The van der Waals surface area contributed by atoms with Crippen molar-refractivity contribution in [3.8, 4) is 0 Å². The first-order valence-electron chi connectivity index (χ1n) is 8.26. The van der Waals surface area contributed by atoms with Crippen LogP contribution in [0, 0.1) is 6.92 Å². The molecule has 2 aromatic heterocycles. The van der Waals surface area contributed by atoms with Gasteiger partial charge in [-0.2, -0.15) is 0 Å². The van der Waals surface area contributed by atoms with E-state index >= 15 is 0 Å². The summed E-state index contributed by atoms with van der Waals surface area (Å²) < 4.78 is 5.82. The first-order valence-corrected chi connectivity index (χ1v) is 8.26. The molecule has 126 valence electrons. The van der Waals surface area contributed by atoms with Crippen molar-refractivity contribution in [3.63, 3.8) is 0 Å². The standard InChI is InChI=1S/C19H18N4O2/c1-13-20-9-7-16(22-13)17-12-23(10-11-25-17)19(24)18-15-5-3-2-4-14(15)6-8-21-18/h2-9,17H,10-12H2,1H3. The van der Waals surface area contributed by atoms with E-state index in [2.05, 4.69) is 15.0 Å². The molecule has 1 aliphatic rings. The van der Waals surface area contributed by atoms with Gasteiger partial charge >= 0.3 is 0 Å². The number of rotatable bonds is 2. The van der Waals surface area contributed by atoms with Crippen LogP contribution in [0.25, 0.3) is 10.8 Å². The number of pyridine rings is 1. The topological polar surface area (TPSA) is 68.2 Å². The Morgan fingerprint density at radius 3 is 2.88 bits per heavy atom. The van der Waals surface area contributed by atoms with Crippen molar-refractivity contribution in [1.29, 1.82) is 0 Å². The molecule has 1 unspecified atom stereocenters. The van der Waals surface area contributed by atoms with Gasteiger partial charge in [-0.3, -0.25) is 9.78 Å². The molecule has 0 bridgehead atoms. The third-order valence-corrected chi connectivity index (χ3v) is 4.36. The number of benzene rings is 1. The molecule has 0 spiro atoms. The first-order chi connectivity index (χ1) is 12.2. The number of carbonyl (C=O) groups excluding carboxylic acids is 1. The summed E-state index contributed by atoms with van der Waals surface area (Å²) >= 11 is 0. The second kappa shape index (κ2) is 6.57. The highest BCUT2D eigenvalue weighted by molar-refractivity contribution is 6.05. The normalized spacial score (nSPS) is 17.6. The zero-order chi connectivity index (χ0) is 17.2. The molecular formula is C19H18N4O2. The maximum Gasteiger partial charge on any atom is 0.273 e. The Morgan fingerprint density at radius 1 is 1.16 bits per heavy atom. The fourth-order valence-electron chi connectivity index (χ4n) is 3.11. The Bertz CT molecular complexity index is 923. The van der Waals surface area contributed by atoms with E-state index < -0.39 is 0 Å². The lowest BCUT2D eigenvalue weighted by Crippen LogP contribution is -2.42. The Morgan fingerprint density at radius 2 is 2.00 bits per heavy atom. The second-order valence-electron chi connectivity index (χ2n) is 6.02. The van der Waals surface area contributed by atoms with E-state index in [0.29, 0.717) is 31.2 Å². The van der Waals surface area contributed by atoms with Gasteiger partial charge in [0.2, 0.25) is 0 Å². The zero-order valence-corrected chi connectivity index (χ0v) is 13.9. The predicted octanol–water partition coefficient (Wildman–Crippen LogP) is 2.55. The monoisotopic (exact) mass is 334 g/mol. The molecule has 1 aliphatic heterocycles. The molecule has 1 saturated heterocycles. The van der Waals surface area contributed by atoms with Gasteiger partial charge in [-0.05, 0) is 24.4 Å². The van der Waals surface area contributed by atoms with Crippen LogP contribution in [0.15, 0.2) is 48.8 Å². The minimum atomic E-state index is -0.241. The van der Waals surface area contributed by atoms with Gasteiger partial charge in [0.15, 0.2) is 0 Å². The van der Waals surface area contributed by atoms with Crippen molar-refractivity contribution in [2.24, 2.45) is 0 Å². The molecular weight excluding hydrogens is 316 g/mol. The number of hydrogen-bond acceptors (Lipinski definition) is 5. The third kappa shape index (κ3) is 3.08. The third-order valence-electron chi connectivity index (χ3n) is 4.36. The van der Waals surface area contributed by atoms with Crippen LogP contribution in [0.5, 0.6) is 0 Å². The van der Waals surface area contributed by atoms with Gasteiger partial charge in [-0.25, -0.2) is 9.97 Å². The lowest BCUT2D eigenvalue weighted by Gasteiger charge is -2.32. The van der Waals surface area contributed by atoms with E-state index in [0.717, 1.165) is 16.5 Å². The van der Waals surface area contributed by atoms with Crippen LogP contribution in [0.1, 0.15) is 28.1 Å². The average molecular weight is 334 g/mol. The summed E-state index contributed by atoms with van der Waals surface area (Å²) in [4.78, 5) is 27.7. The van der Waals surface area contributed by atoms with Crippen LogP contribution in [-0.4, -0.2) is 45.5 Å². The van der Waals surface area contributed by atoms with E-state index in [1.807, 2.05) is 43.3 Å². The fourth-order valence-corrected chi connectivity index (χ4v) is 3.11. The van der Waals surface area contributed by atoms with Gasteiger partial charge in [0, 0.05) is 24.3 Å². The van der Waals surface area contributed by atoms with Crippen LogP contribution < -0.4 is 0 Å². The highest BCUT2D eigenvalue weighted by atomic mass is 16.5. The zero-order valence-electron chi connectivity index (χ0n) is 13.9. The highest BCUT2D eigenvalue weighted by Gasteiger charge is 2.28. The van der Waals surface area contributed by atoms with Crippen LogP contribution >= 0.6 is 0 Å². The summed E-state index contributed by atoms with van der Waals surface area (Å²) in [6.45, 7) is 3.32. The van der Waals surface area contributed by atoms with E-state index in [4.69, 9.17) is 4.74 Å². The second-order valence-corrected chi connectivity index (χ2v) is 6.02. The molecule has 0 saturated carbocycles. The number of carbonyl (C=O) groups is 1. The summed E-state index contributed by atoms with van der Waals surface area (Å²) in [7, 11) is 0. The quantitative estimate of drug-likeness (QED) is 0.720. The van der Waals surface area contributed by atoms with Crippen LogP contribution in [0.3, 0.4) is 0 Å². The number of ether oxygens (including phenoxy) is 1. The van der Waals surface area contributed by atoms with Crippen molar-refractivity contribution in [2.45, 2.75) is 13.0 Å². The summed E-state index contributed by atoms with van der Waals surface area (Å²) in [5.74, 6) is 0.621. The molecule has 1 amide bonds. The average Bonchev–Trinajstić information content (AvgIpc) is 2.67. The minimum absolute atomic E-state index is 0.0733. The summed E-state index contributed by atoms with van der Waals surface area (Å²) in [6.07, 6.45) is 3.16. The van der Waals surface area contributed by atoms with Crippen molar-refractivity contribution < 1.29 is 9.53 Å². The van der Waals surface area contributed by atoms with Crippen LogP contribution in [0.2, 0.25) is 0 Å². The largest absolute Gasteiger partial charge is 0.368 e. The SMILES string of the molecule is Cc1nccc(C2CN(C(=O)c3nccc4ccccc34)CCO2)n1. The van der Waals surface area contributed by atoms with Crippen LogP contribution in [0.4, 0.5) is 0 Å². The summed E-state index contributed by atoms with van der Waals surface area (Å²) in [6, 6.07) is 11.5. The van der Waals surface area contributed by atoms with Gasteiger partial charge in [0.1, 0.15) is 17.6 Å². The smallest absolute Gasteiger partial charge is 0.273 e. The predicted molar refractivity (Wildman–Crippen MR) is 93.1 cm³/mol. The fraction of sp³-hybridized carbons (Fsp3) is 0.263. The van der Waals surface area contributed by atoms with Crippen molar-refractivity contribution in [2.75, 3.05) is 19.7 Å². The summed E-state index contributed by atoms with van der Waals surface area (Å²) in [5, 5.41) is 1.88. The van der Waals surface area contributed by atoms with Gasteiger partial charge < -0.3 is 9.64 Å². The van der Waals surface area contributed by atoms with Gasteiger partial charge in [-0.15, -0.1) is 0 Å².